The quantitative estimate of drug-likeness (QED) is 0.770. The number of hydrogen-bond acceptors (Lipinski definition) is 4. The van der Waals surface area contributed by atoms with Crippen LogP contribution in [0, 0.1) is 0 Å². The van der Waals surface area contributed by atoms with Gasteiger partial charge in [-0.15, -0.1) is 5.10 Å². The largest absolute Gasteiger partial charge is 0.416 e. The molecule has 0 bridgehead atoms. The van der Waals surface area contributed by atoms with E-state index in [1.54, 1.807) is 0 Å². The Morgan fingerprint density at radius 1 is 1.50 bits per heavy atom. The Balaban J connectivity index is 2.42. The average molecular weight is 207 g/mol. The third-order valence-electron chi connectivity index (χ3n) is 1.43. The molecule has 0 fully saturated rings. The second kappa shape index (κ2) is 4.23. The van der Waals surface area contributed by atoms with Crippen LogP contribution in [0.5, 0.6) is 0 Å². The zero-order chi connectivity index (χ0) is 10.6. The Kier molecular flexibility index (Phi) is 3.23. The predicted octanol–water partition coefficient (Wildman–Crippen LogP) is 0.812. The van der Waals surface area contributed by atoms with Gasteiger partial charge >= 0.3 is 6.18 Å². The van der Waals surface area contributed by atoms with Gasteiger partial charge in [0.2, 0.25) is 0 Å². The molecule has 78 valence electrons. The van der Waals surface area contributed by atoms with Crippen LogP contribution >= 0.6 is 0 Å². The highest BCUT2D eigenvalue weighted by Gasteiger charge is 2.37. The Bertz CT molecular complexity index is 277. The van der Waals surface area contributed by atoms with Crippen molar-refractivity contribution in [2.24, 2.45) is 0 Å². The van der Waals surface area contributed by atoms with Crippen molar-refractivity contribution in [1.29, 1.82) is 0 Å². The van der Waals surface area contributed by atoms with E-state index >= 15 is 0 Å². The molecule has 0 saturated carbocycles. The van der Waals surface area contributed by atoms with Crippen molar-refractivity contribution in [2.75, 3.05) is 11.9 Å². The molecule has 0 spiro atoms. The molecule has 1 heterocycles. The molecule has 0 aliphatic carbocycles. The second-order valence-corrected chi connectivity index (χ2v) is 2.55. The topological polar surface area (TPSA) is 58.0 Å². The SMILES string of the molecule is OC(CNc1cccnn1)C(F)(F)F. The van der Waals surface area contributed by atoms with Crippen molar-refractivity contribution >= 4 is 5.82 Å². The Labute approximate surface area is 77.8 Å². The van der Waals surface area contributed by atoms with Gasteiger partial charge in [0.1, 0.15) is 5.82 Å². The lowest BCUT2D eigenvalue weighted by atomic mass is 10.3. The van der Waals surface area contributed by atoms with Crippen molar-refractivity contribution in [3.05, 3.63) is 18.3 Å². The van der Waals surface area contributed by atoms with Crippen LogP contribution in [0.15, 0.2) is 18.3 Å². The van der Waals surface area contributed by atoms with Gasteiger partial charge < -0.3 is 10.4 Å². The third-order valence-corrected chi connectivity index (χ3v) is 1.43. The van der Waals surface area contributed by atoms with Gasteiger partial charge in [-0.2, -0.15) is 18.3 Å². The van der Waals surface area contributed by atoms with Crippen molar-refractivity contribution < 1.29 is 18.3 Å². The van der Waals surface area contributed by atoms with E-state index in [0.29, 0.717) is 0 Å². The number of nitrogens with zero attached hydrogens (tertiary/aromatic N) is 2. The summed E-state index contributed by atoms with van der Waals surface area (Å²) in [6, 6.07) is 2.98. The number of nitrogens with one attached hydrogen (secondary N) is 1. The van der Waals surface area contributed by atoms with E-state index in [4.69, 9.17) is 5.11 Å². The summed E-state index contributed by atoms with van der Waals surface area (Å²) in [6.45, 7) is -0.637. The van der Waals surface area contributed by atoms with E-state index in [0.717, 1.165) is 0 Å². The number of anilines is 1. The van der Waals surface area contributed by atoms with E-state index < -0.39 is 18.8 Å². The minimum atomic E-state index is -4.62. The highest BCUT2D eigenvalue weighted by molar-refractivity contribution is 5.31. The highest BCUT2D eigenvalue weighted by atomic mass is 19.4. The molecule has 1 aromatic rings. The molecule has 0 saturated heterocycles. The number of aliphatic hydroxyl groups excluding tert-OH is 1. The van der Waals surface area contributed by atoms with Crippen LogP contribution in [0.4, 0.5) is 19.0 Å². The van der Waals surface area contributed by atoms with Gasteiger partial charge in [-0.3, -0.25) is 0 Å². The lowest BCUT2D eigenvalue weighted by molar-refractivity contribution is -0.198. The van der Waals surface area contributed by atoms with Crippen LogP contribution in [0.1, 0.15) is 0 Å². The van der Waals surface area contributed by atoms with E-state index in [2.05, 4.69) is 15.5 Å². The zero-order valence-corrected chi connectivity index (χ0v) is 6.99. The van der Waals surface area contributed by atoms with Crippen molar-refractivity contribution in [3.63, 3.8) is 0 Å². The molecule has 0 aromatic carbocycles. The van der Waals surface area contributed by atoms with Crippen LogP contribution in [0.3, 0.4) is 0 Å². The number of aliphatic hydroxyl groups is 1. The number of hydrogen-bond donors (Lipinski definition) is 2. The van der Waals surface area contributed by atoms with Gasteiger partial charge in [-0.25, -0.2) is 0 Å². The molecule has 7 heteroatoms. The minimum absolute atomic E-state index is 0.191. The molecule has 1 unspecified atom stereocenters. The van der Waals surface area contributed by atoms with Gasteiger partial charge in [0.25, 0.3) is 0 Å². The summed E-state index contributed by atoms with van der Waals surface area (Å²) < 4.78 is 35.5. The normalized spacial score (nSPS) is 13.7. The number of rotatable bonds is 3. The first-order valence-electron chi connectivity index (χ1n) is 3.76. The molecule has 14 heavy (non-hydrogen) atoms. The molecule has 1 rings (SSSR count). The van der Waals surface area contributed by atoms with Crippen LogP contribution < -0.4 is 5.32 Å². The monoisotopic (exact) mass is 207 g/mol. The highest BCUT2D eigenvalue weighted by Crippen LogP contribution is 2.19. The molecule has 2 N–H and O–H groups in total. The average Bonchev–Trinajstić information content (AvgIpc) is 2.14. The molecule has 1 aromatic heterocycles. The standard InChI is InChI=1S/C7H8F3N3O/c8-7(9,10)5(14)4-11-6-2-1-3-12-13-6/h1-3,5,14H,4H2,(H,11,13). The maximum absolute atomic E-state index is 11.8. The van der Waals surface area contributed by atoms with Gasteiger partial charge in [0.05, 0.1) is 6.54 Å². The molecule has 4 nitrogen and oxygen atoms in total. The van der Waals surface area contributed by atoms with Crippen LogP contribution in [-0.2, 0) is 0 Å². The summed E-state index contributed by atoms with van der Waals surface area (Å²) in [7, 11) is 0. The van der Waals surface area contributed by atoms with Crippen molar-refractivity contribution in [2.45, 2.75) is 12.3 Å². The van der Waals surface area contributed by atoms with E-state index in [1.807, 2.05) is 0 Å². The van der Waals surface area contributed by atoms with E-state index in [1.165, 1.54) is 18.3 Å². The van der Waals surface area contributed by atoms with Gasteiger partial charge in [0, 0.05) is 6.20 Å². The fourth-order valence-electron chi connectivity index (χ4n) is 0.713. The molecular formula is C7H8F3N3O. The summed E-state index contributed by atoms with van der Waals surface area (Å²) in [5.74, 6) is 0.191. The summed E-state index contributed by atoms with van der Waals surface area (Å²) in [4.78, 5) is 0. The second-order valence-electron chi connectivity index (χ2n) is 2.55. The fourth-order valence-corrected chi connectivity index (χ4v) is 0.713. The molecule has 1 atom stereocenters. The van der Waals surface area contributed by atoms with Crippen LogP contribution in [0.25, 0.3) is 0 Å². The summed E-state index contributed by atoms with van der Waals surface area (Å²) >= 11 is 0. The molecule has 0 radical (unpaired) electrons. The first kappa shape index (κ1) is 10.7. The molecule has 0 aliphatic rings. The van der Waals surface area contributed by atoms with Crippen molar-refractivity contribution in [1.82, 2.24) is 10.2 Å². The summed E-state index contributed by atoms with van der Waals surface area (Å²) in [5, 5.41) is 17.9. The molecular weight excluding hydrogens is 199 g/mol. The smallest absolute Gasteiger partial charge is 0.382 e. The van der Waals surface area contributed by atoms with Crippen LogP contribution in [-0.4, -0.2) is 34.1 Å². The predicted molar refractivity (Wildman–Crippen MR) is 42.6 cm³/mol. The number of alkyl halides is 3. The summed E-state index contributed by atoms with van der Waals surface area (Å²) in [6.07, 6.45) is -5.62. The molecule has 0 aliphatic heterocycles. The van der Waals surface area contributed by atoms with Gasteiger partial charge in [-0.1, -0.05) is 0 Å². The van der Waals surface area contributed by atoms with E-state index in [9.17, 15) is 13.2 Å². The first-order valence-corrected chi connectivity index (χ1v) is 3.76. The number of aromatic nitrogens is 2. The lowest BCUT2D eigenvalue weighted by Crippen LogP contribution is -2.35. The minimum Gasteiger partial charge on any atom is -0.382 e. The Hall–Kier alpha value is -1.37. The van der Waals surface area contributed by atoms with Crippen LogP contribution in [0.2, 0.25) is 0 Å². The van der Waals surface area contributed by atoms with Crippen molar-refractivity contribution in [3.8, 4) is 0 Å². The summed E-state index contributed by atoms with van der Waals surface area (Å²) in [5.41, 5.74) is 0. The Morgan fingerprint density at radius 2 is 2.21 bits per heavy atom. The fraction of sp³-hybridized carbons (Fsp3) is 0.429. The maximum Gasteiger partial charge on any atom is 0.416 e. The third kappa shape index (κ3) is 3.17. The van der Waals surface area contributed by atoms with E-state index in [-0.39, 0.29) is 5.82 Å². The molecule has 0 amide bonds. The maximum atomic E-state index is 11.8. The first-order chi connectivity index (χ1) is 6.50. The number of halogens is 3. The lowest BCUT2D eigenvalue weighted by Gasteiger charge is -2.14. The zero-order valence-electron chi connectivity index (χ0n) is 6.99. The van der Waals surface area contributed by atoms with Gasteiger partial charge in [-0.05, 0) is 12.1 Å². The Morgan fingerprint density at radius 3 is 2.71 bits per heavy atom. The van der Waals surface area contributed by atoms with Gasteiger partial charge in [0.15, 0.2) is 6.10 Å².